The lowest BCUT2D eigenvalue weighted by molar-refractivity contribution is 0.297. The summed E-state index contributed by atoms with van der Waals surface area (Å²) < 4.78 is 5.82. The third-order valence-corrected chi connectivity index (χ3v) is 3.49. The summed E-state index contributed by atoms with van der Waals surface area (Å²) in [5.41, 5.74) is 8.73. The van der Waals surface area contributed by atoms with Gasteiger partial charge in [-0.05, 0) is 17.7 Å². The fourth-order valence-corrected chi connectivity index (χ4v) is 2.36. The molecule has 3 N–H and O–H groups in total. The number of hydrogen-bond acceptors (Lipinski definition) is 6. The second-order valence-corrected chi connectivity index (χ2v) is 5.19. The summed E-state index contributed by atoms with van der Waals surface area (Å²) in [4.78, 5) is 20.1. The number of benzene rings is 1. The second kappa shape index (κ2) is 5.96. The van der Waals surface area contributed by atoms with Crippen LogP contribution in [0, 0.1) is 0 Å². The number of pyridine rings is 1. The van der Waals surface area contributed by atoms with Crippen molar-refractivity contribution in [3.05, 3.63) is 60.4 Å². The number of fused-ring (bicyclic) bond motifs is 1. The van der Waals surface area contributed by atoms with Gasteiger partial charge in [0, 0.05) is 18.0 Å². The zero-order valence-corrected chi connectivity index (χ0v) is 12.7. The normalized spacial score (nSPS) is 10.8. The molecule has 0 saturated heterocycles. The number of aromatic nitrogens is 5. The molecule has 7 heteroatoms. The minimum Gasteiger partial charge on any atom is -0.471 e. The van der Waals surface area contributed by atoms with E-state index in [9.17, 15) is 0 Å². The van der Waals surface area contributed by atoms with Crippen molar-refractivity contribution >= 4 is 17.1 Å². The fraction of sp³-hybridized carbons (Fsp3) is 0.0588. The van der Waals surface area contributed by atoms with E-state index in [-0.39, 0.29) is 5.95 Å². The molecule has 3 heterocycles. The van der Waals surface area contributed by atoms with Gasteiger partial charge in [0.15, 0.2) is 5.65 Å². The molecule has 0 aliphatic heterocycles. The van der Waals surface area contributed by atoms with Crippen LogP contribution in [0.1, 0.15) is 5.56 Å². The predicted molar refractivity (Wildman–Crippen MR) is 90.1 cm³/mol. The number of H-pyrrole nitrogens is 1. The molecule has 7 nitrogen and oxygen atoms in total. The Morgan fingerprint density at radius 1 is 1.00 bits per heavy atom. The van der Waals surface area contributed by atoms with Crippen LogP contribution in [0.5, 0.6) is 5.88 Å². The smallest absolute Gasteiger partial charge is 0.245 e. The Kier molecular flexibility index (Phi) is 3.51. The van der Waals surface area contributed by atoms with Crippen molar-refractivity contribution in [3.8, 4) is 17.3 Å². The van der Waals surface area contributed by atoms with Crippen LogP contribution >= 0.6 is 0 Å². The Hall–Kier alpha value is -3.48. The predicted octanol–water partition coefficient (Wildman–Crippen LogP) is 2.58. The molecule has 4 aromatic rings. The molecule has 4 rings (SSSR count). The van der Waals surface area contributed by atoms with Crippen LogP contribution in [0.2, 0.25) is 0 Å². The number of nitrogen functional groups attached to an aromatic ring is 1. The number of imidazole rings is 1. The molecular formula is C17H14N6O. The molecule has 0 radical (unpaired) electrons. The summed E-state index contributed by atoms with van der Waals surface area (Å²) in [5, 5.41) is 0. The van der Waals surface area contributed by atoms with E-state index in [1.54, 1.807) is 12.4 Å². The number of ether oxygens (including phenoxy) is 1. The molecule has 0 saturated carbocycles. The van der Waals surface area contributed by atoms with Crippen molar-refractivity contribution in [1.29, 1.82) is 0 Å². The molecular weight excluding hydrogens is 304 g/mol. The highest BCUT2D eigenvalue weighted by Crippen LogP contribution is 2.25. The number of nitrogens with one attached hydrogen (secondary N) is 1. The average Bonchev–Trinajstić information content (AvgIpc) is 3.05. The van der Waals surface area contributed by atoms with E-state index in [4.69, 9.17) is 10.5 Å². The molecule has 24 heavy (non-hydrogen) atoms. The highest BCUT2D eigenvalue weighted by Gasteiger charge is 2.14. The topological polar surface area (TPSA) is 103 Å². The Morgan fingerprint density at radius 2 is 1.88 bits per heavy atom. The third-order valence-electron chi connectivity index (χ3n) is 3.49. The second-order valence-electron chi connectivity index (χ2n) is 5.19. The number of aromatic amines is 1. The van der Waals surface area contributed by atoms with Crippen molar-refractivity contribution in [2.75, 3.05) is 5.73 Å². The Labute approximate surface area is 137 Å². The fourth-order valence-electron chi connectivity index (χ4n) is 2.36. The van der Waals surface area contributed by atoms with Gasteiger partial charge in [0.1, 0.15) is 17.9 Å². The van der Waals surface area contributed by atoms with Gasteiger partial charge in [0.2, 0.25) is 11.8 Å². The van der Waals surface area contributed by atoms with Gasteiger partial charge in [-0.25, -0.2) is 4.98 Å². The van der Waals surface area contributed by atoms with E-state index < -0.39 is 0 Å². The van der Waals surface area contributed by atoms with E-state index in [0.29, 0.717) is 29.5 Å². The summed E-state index contributed by atoms with van der Waals surface area (Å²) >= 11 is 0. The maximum Gasteiger partial charge on any atom is 0.245 e. The Bertz CT molecular complexity index is 968. The van der Waals surface area contributed by atoms with Crippen LogP contribution in [0.15, 0.2) is 54.9 Å². The third kappa shape index (κ3) is 2.74. The summed E-state index contributed by atoms with van der Waals surface area (Å²) in [6, 6.07) is 13.6. The van der Waals surface area contributed by atoms with E-state index in [1.165, 1.54) is 0 Å². The zero-order chi connectivity index (χ0) is 16.4. The molecule has 3 aromatic heterocycles. The first-order valence-corrected chi connectivity index (χ1v) is 7.40. The van der Waals surface area contributed by atoms with Crippen LogP contribution in [0.4, 0.5) is 5.95 Å². The first kappa shape index (κ1) is 14.1. The summed E-state index contributed by atoms with van der Waals surface area (Å²) in [6.07, 6.45) is 3.43. The van der Waals surface area contributed by atoms with E-state index in [0.717, 1.165) is 11.1 Å². The first-order chi connectivity index (χ1) is 11.8. The highest BCUT2D eigenvalue weighted by atomic mass is 16.5. The SMILES string of the molecule is Nc1nc(OCc2ccccc2)c2[nH]c(-c3cccnc3)nc2n1. The van der Waals surface area contributed by atoms with Gasteiger partial charge in [0.05, 0.1) is 0 Å². The molecule has 0 unspecified atom stereocenters. The van der Waals surface area contributed by atoms with Gasteiger partial charge < -0.3 is 15.5 Å². The summed E-state index contributed by atoms with van der Waals surface area (Å²) in [7, 11) is 0. The van der Waals surface area contributed by atoms with Gasteiger partial charge in [0.25, 0.3) is 0 Å². The van der Waals surface area contributed by atoms with Crippen LogP contribution in [-0.4, -0.2) is 24.9 Å². The Morgan fingerprint density at radius 3 is 2.67 bits per heavy atom. The number of hydrogen-bond donors (Lipinski definition) is 2. The van der Waals surface area contributed by atoms with Crippen molar-refractivity contribution in [3.63, 3.8) is 0 Å². The van der Waals surface area contributed by atoms with Gasteiger partial charge in [-0.2, -0.15) is 9.97 Å². The first-order valence-electron chi connectivity index (χ1n) is 7.40. The minimum atomic E-state index is 0.120. The van der Waals surface area contributed by atoms with Gasteiger partial charge in [-0.1, -0.05) is 30.3 Å². The molecule has 0 atom stereocenters. The Balaban J connectivity index is 1.71. The monoisotopic (exact) mass is 318 g/mol. The van der Waals surface area contributed by atoms with E-state index >= 15 is 0 Å². The van der Waals surface area contributed by atoms with E-state index in [1.807, 2.05) is 42.5 Å². The summed E-state index contributed by atoms with van der Waals surface area (Å²) in [5.74, 6) is 1.14. The van der Waals surface area contributed by atoms with E-state index in [2.05, 4.69) is 24.9 Å². The van der Waals surface area contributed by atoms with Crippen LogP contribution in [-0.2, 0) is 6.61 Å². The van der Waals surface area contributed by atoms with Crippen LogP contribution in [0.25, 0.3) is 22.6 Å². The molecule has 118 valence electrons. The molecule has 0 amide bonds. The lowest BCUT2D eigenvalue weighted by Gasteiger charge is -2.06. The van der Waals surface area contributed by atoms with Gasteiger partial charge in [-0.15, -0.1) is 0 Å². The lowest BCUT2D eigenvalue weighted by atomic mass is 10.2. The van der Waals surface area contributed by atoms with Gasteiger partial charge >= 0.3 is 0 Å². The maximum atomic E-state index is 5.82. The van der Waals surface area contributed by atoms with Crippen LogP contribution in [0.3, 0.4) is 0 Å². The number of rotatable bonds is 4. The van der Waals surface area contributed by atoms with Crippen molar-refractivity contribution in [2.45, 2.75) is 6.61 Å². The van der Waals surface area contributed by atoms with Gasteiger partial charge in [-0.3, -0.25) is 4.98 Å². The molecule has 0 aliphatic rings. The number of nitrogens with two attached hydrogens (primary N) is 1. The standard InChI is InChI=1S/C17H14N6O/c18-17-22-15-13(20-14(21-15)12-7-4-8-19-9-12)16(23-17)24-10-11-5-2-1-3-6-11/h1-9H,10H2,(H3,18,20,21,22,23). The molecule has 0 fully saturated rings. The van der Waals surface area contributed by atoms with Crippen molar-refractivity contribution < 1.29 is 4.74 Å². The lowest BCUT2D eigenvalue weighted by Crippen LogP contribution is -2.02. The zero-order valence-electron chi connectivity index (χ0n) is 12.7. The number of anilines is 1. The number of nitrogens with zero attached hydrogens (tertiary/aromatic N) is 4. The maximum absolute atomic E-state index is 5.82. The highest BCUT2D eigenvalue weighted by molar-refractivity contribution is 5.81. The quantitative estimate of drug-likeness (QED) is 0.599. The average molecular weight is 318 g/mol. The van der Waals surface area contributed by atoms with Crippen molar-refractivity contribution in [1.82, 2.24) is 24.9 Å². The molecule has 1 aromatic carbocycles. The molecule has 0 bridgehead atoms. The molecule has 0 spiro atoms. The summed E-state index contributed by atoms with van der Waals surface area (Å²) in [6.45, 7) is 0.383. The largest absolute Gasteiger partial charge is 0.471 e. The molecule has 0 aliphatic carbocycles. The van der Waals surface area contributed by atoms with Crippen molar-refractivity contribution in [2.24, 2.45) is 0 Å². The minimum absolute atomic E-state index is 0.120. The van der Waals surface area contributed by atoms with Crippen LogP contribution < -0.4 is 10.5 Å².